The van der Waals surface area contributed by atoms with Crippen molar-refractivity contribution >= 4 is 11.3 Å². The number of nitrogens with zero attached hydrogens (tertiary/aromatic N) is 1. The summed E-state index contributed by atoms with van der Waals surface area (Å²) in [5.41, 5.74) is 5.21. The van der Waals surface area contributed by atoms with E-state index in [2.05, 4.69) is 54.7 Å². The van der Waals surface area contributed by atoms with E-state index in [0.29, 0.717) is 6.04 Å². The molecule has 1 N–H and O–H groups in total. The van der Waals surface area contributed by atoms with Crippen molar-refractivity contribution < 1.29 is 0 Å². The van der Waals surface area contributed by atoms with E-state index in [1.54, 1.807) is 11.3 Å². The summed E-state index contributed by atoms with van der Waals surface area (Å²) in [6, 6.07) is 7.06. The Morgan fingerprint density at radius 3 is 2.68 bits per heavy atom. The summed E-state index contributed by atoms with van der Waals surface area (Å²) in [6.45, 7) is 9.57. The van der Waals surface area contributed by atoms with Crippen molar-refractivity contribution in [3.05, 3.63) is 51.0 Å². The first kappa shape index (κ1) is 14.2. The molecule has 0 saturated carbocycles. The van der Waals surface area contributed by atoms with Crippen LogP contribution < -0.4 is 5.32 Å². The lowest BCUT2D eigenvalue weighted by Crippen LogP contribution is -2.22. The van der Waals surface area contributed by atoms with Crippen LogP contribution in [0.1, 0.15) is 40.4 Å². The highest BCUT2D eigenvalue weighted by Crippen LogP contribution is 2.18. The zero-order chi connectivity index (χ0) is 13.8. The third kappa shape index (κ3) is 3.88. The number of benzene rings is 1. The lowest BCUT2D eigenvalue weighted by atomic mass is 10.0. The molecular weight excluding hydrogens is 252 g/mol. The molecule has 19 heavy (non-hydrogen) atoms. The molecule has 102 valence electrons. The molecule has 0 saturated heterocycles. The van der Waals surface area contributed by atoms with Gasteiger partial charge in [-0.1, -0.05) is 23.8 Å². The van der Waals surface area contributed by atoms with Crippen molar-refractivity contribution in [1.82, 2.24) is 10.3 Å². The van der Waals surface area contributed by atoms with E-state index >= 15 is 0 Å². The van der Waals surface area contributed by atoms with Crippen molar-refractivity contribution in [1.29, 1.82) is 0 Å². The fraction of sp³-hybridized carbons (Fsp3) is 0.438. The summed E-state index contributed by atoms with van der Waals surface area (Å²) in [5.74, 6) is 0. The Hall–Kier alpha value is -1.19. The molecule has 1 aromatic heterocycles. The topological polar surface area (TPSA) is 24.9 Å². The third-order valence-electron chi connectivity index (χ3n) is 3.35. The van der Waals surface area contributed by atoms with Crippen LogP contribution in [-0.2, 0) is 6.42 Å². The molecule has 1 heterocycles. The maximum atomic E-state index is 4.49. The minimum absolute atomic E-state index is 0.390. The Balaban J connectivity index is 1.88. The fourth-order valence-electron chi connectivity index (χ4n) is 2.33. The Labute approximate surface area is 119 Å². The van der Waals surface area contributed by atoms with E-state index in [4.69, 9.17) is 0 Å². The van der Waals surface area contributed by atoms with E-state index in [0.717, 1.165) is 18.7 Å². The van der Waals surface area contributed by atoms with Crippen LogP contribution in [0.2, 0.25) is 0 Å². The molecule has 2 rings (SSSR count). The monoisotopic (exact) mass is 274 g/mol. The summed E-state index contributed by atoms with van der Waals surface area (Å²) in [7, 11) is 0. The van der Waals surface area contributed by atoms with Crippen LogP contribution in [0, 0.1) is 20.8 Å². The average molecular weight is 274 g/mol. The van der Waals surface area contributed by atoms with Gasteiger partial charge in [0, 0.05) is 30.1 Å². The summed E-state index contributed by atoms with van der Waals surface area (Å²) < 4.78 is 0. The van der Waals surface area contributed by atoms with E-state index in [-0.39, 0.29) is 0 Å². The first-order chi connectivity index (χ1) is 9.06. The number of aryl methyl sites for hydroxylation is 3. The number of rotatable bonds is 5. The second-order valence-corrected chi connectivity index (χ2v) is 6.11. The van der Waals surface area contributed by atoms with E-state index in [1.807, 2.05) is 6.92 Å². The van der Waals surface area contributed by atoms with Gasteiger partial charge in [-0.3, -0.25) is 0 Å². The molecule has 1 aromatic carbocycles. The van der Waals surface area contributed by atoms with Crippen LogP contribution in [0.4, 0.5) is 0 Å². The third-order valence-corrected chi connectivity index (χ3v) is 4.37. The second kappa shape index (κ2) is 6.31. The molecule has 2 nitrogen and oxygen atoms in total. The molecular formula is C16H22N2S. The zero-order valence-electron chi connectivity index (χ0n) is 12.2. The molecule has 0 amide bonds. The van der Waals surface area contributed by atoms with Crippen molar-refractivity contribution in [3.8, 4) is 0 Å². The first-order valence-electron chi connectivity index (χ1n) is 6.78. The summed E-state index contributed by atoms with van der Waals surface area (Å²) >= 11 is 1.75. The molecule has 1 atom stereocenters. The van der Waals surface area contributed by atoms with Gasteiger partial charge in [0.1, 0.15) is 0 Å². The van der Waals surface area contributed by atoms with E-state index in [9.17, 15) is 0 Å². The molecule has 0 aliphatic heterocycles. The highest BCUT2D eigenvalue weighted by molar-refractivity contribution is 7.09. The van der Waals surface area contributed by atoms with Gasteiger partial charge in [0.15, 0.2) is 0 Å². The average Bonchev–Trinajstić information content (AvgIpc) is 2.75. The lowest BCUT2D eigenvalue weighted by molar-refractivity contribution is 0.573. The standard InChI is InChI=1S/C16H22N2S/c1-11-5-6-15(12(2)9-11)14(4)17-8-7-16-18-13(3)10-19-16/h5-6,9-10,14,17H,7-8H2,1-4H3. The molecule has 0 radical (unpaired) electrons. The fourth-order valence-corrected chi connectivity index (χ4v) is 3.11. The minimum atomic E-state index is 0.390. The highest BCUT2D eigenvalue weighted by Gasteiger charge is 2.08. The van der Waals surface area contributed by atoms with E-state index < -0.39 is 0 Å². The van der Waals surface area contributed by atoms with Crippen molar-refractivity contribution in [2.24, 2.45) is 0 Å². The number of aromatic nitrogens is 1. The molecule has 0 fully saturated rings. The highest BCUT2D eigenvalue weighted by atomic mass is 32.1. The predicted octanol–water partition coefficient (Wildman–Crippen LogP) is 3.96. The molecule has 1 unspecified atom stereocenters. The Morgan fingerprint density at radius 1 is 1.26 bits per heavy atom. The van der Waals surface area contributed by atoms with Gasteiger partial charge in [-0.15, -0.1) is 11.3 Å². The number of hydrogen-bond donors (Lipinski definition) is 1. The molecule has 2 aromatic rings. The van der Waals surface area contributed by atoms with Crippen LogP contribution in [-0.4, -0.2) is 11.5 Å². The predicted molar refractivity (Wildman–Crippen MR) is 82.9 cm³/mol. The summed E-state index contributed by atoms with van der Waals surface area (Å²) in [6.07, 6.45) is 1.01. The zero-order valence-corrected chi connectivity index (χ0v) is 13.0. The van der Waals surface area contributed by atoms with Crippen molar-refractivity contribution in [2.75, 3.05) is 6.54 Å². The van der Waals surface area contributed by atoms with Gasteiger partial charge >= 0.3 is 0 Å². The van der Waals surface area contributed by atoms with E-state index in [1.165, 1.54) is 21.7 Å². The second-order valence-electron chi connectivity index (χ2n) is 5.17. The van der Waals surface area contributed by atoms with Gasteiger partial charge in [-0.2, -0.15) is 0 Å². The normalized spacial score (nSPS) is 12.6. The Bertz CT molecular complexity index is 545. The molecule has 0 spiro atoms. The van der Waals surface area contributed by atoms with Crippen molar-refractivity contribution in [2.45, 2.75) is 40.2 Å². The molecule has 0 bridgehead atoms. The minimum Gasteiger partial charge on any atom is -0.310 e. The number of thiazole rings is 1. The summed E-state index contributed by atoms with van der Waals surface area (Å²) in [4.78, 5) is 4.49. The van der Waals surface area contributed by atoms with Crippen LogP contribution in [0.15, 0.2) is 23.6 Å². The van der Waals surface area contributed by atoms with Crippen molar-refractivity contribution in [3.63, 3.8) is 0 Å². The number of nitrogens with one attached hydrogen (secondary N) is 1. The van der Waals surface area contributed by atoms with Gasteiger partial charge in [-0.25, -0.2) is 4.98 Å². The lowest BCUT2D eigenvalue weighted by Gasteiger charge is -2.16. The van der Waals surface area contributed by atoms with Gasteiger partial charge in [0.05, 0.1) is 5.01 Å². The SMILES string of the molecule is Cc1ccc(C(C)NCCc2nc(C)cs2)c(C)c1. The van der Waals surface area contributed by atoms with Crippen LogP contribution in [0.5, 0.6) is 0 Å². The van der Waals surface area contributed by atoms with Gasteiger partial charge in [-0.05, 0) is 38.8 Å². The molecule has 0 aliphatic rings. The van der Waals surface area contributed by atoms with Gasteiger partial charge in [0.2, 0.25) is 0 Å². The smallest absolute Gasteiger partial charge is 0.0940 e. The van der Waals surface area contributed by atoms with Crippen LogP contribution >= 0.6 is 11.3 Å². The molecule has 3 heteroatoms. The Morgan fingerprint density at radius 2 is 2.05 bits per heavy atom. The van der Waals surface area contributed by atoms with Gasteiger partial charge < -0.3 is 5.32 Å². The Kier molecular flexibility index (Phi) is 4.72. The maximum Gasteiger partial charge on any atom is 0.0940 e. The van der Waals surface area contributed by atoms with Crippen LogP contribution in [0.25, 0.3) is 0 Å². The summed E-state index contributed by atoms with van der Waals surface area (Å²) in [5, 5.41) is 6.92. The van der Waals surface area contributed by atoms with Gasteiger partial charge in [0.25, 0.3) is 0 Å². The maximum absolute atomic E-state index is 4.49. The molecule has 0 aliphatic carbocycles. The number of hydrogen-bond acceptors (Lipinski definition) is 3. The largest absolute Gasteiger partial charge is 0.310 e. The van der Waals surface area contributed by atoms with Crippen LogP contribution in [0.3, 0.4) is 0 Å². The first-order valence-corrected chi connectivity index (χ1v) is 7.66. The quantitative estimate of drug-likeness (QED) is 0.892.